The van der Waals surface area contributed by atoms with Crippen LogP contribution in [0, 0.1) is 12.8 Å². The highest BCUT2D eigenvalue weighted by atomic mass is 32.1. The van der Waals surface area contributed by atoms with Crippen LogP contribution < -0.4 is 5.32 Å². The fourth-order valence-corrected chi connectivity index (χ4v) is 5.51. The average molecular weight is 534 g/mol. The molecule has 1 aromatic heterocycles. The number of carbonyl (C=O) groups is 2. The Morgan fingerprint density at radius 3 is 1.95 bits per heavy atom. The van der Waals surface area contributed by atoms with Crippen molar-refractivity contribution in [2.75, 3.05) is 18.4 Å². The molecule has 3 aromatic rings. The van der Waals surface area contributed by atoms with Crippen LogP contribution in [-0.4, -0.2) is 34.8 Å². The first kappa shape index (κ1) is 29.4. The Morgan fingerprint density at radius 2 is 1.42 bits per heavy atom. The number of nitrogens with one attached hydrogen (secondary N) is 1. The Morgan fingerprint density at radius 1 is 0.789 bits per heavy atom. The smallest absolute Gasteiger partial charge is 0.322 e. The fraction of sp³-hybridized carbons (Fsp3) is 0.438. The first-order valence-electron chi connectivity index (χ1n) is 13.6. The lowest BCUT2D eigenvalue weighted by molar-refractivity contribution is -0.133. The van der Waals surface area contributed by atoms with Gasteiger partial charge in [0.15, 0.2) is 0 Å². The number of nitrogens with zero attached hydrogens (tertiary/aromatic N) is 2. The minimum atomic E-state index is -0.228. The summed E-state index contributed by atoms with van der Waals surface area (Å²) in [4.78, 5) is 33.4. The van der Waals surface area contributed by atoms with Gasteiger partial charge in [-0.05, 0) is 53.5 Å². The zero-order valence-corrected chi connectivity index (χ0v) is 24.8. The van der Waals surface area contributed by atoms with E-state index in [1.54, 1.807) is 16.2 Å². The van der Waals surface area contributed by atoms with Crippen molar-refractivity contribution < 1.29 is 9.59 Å². The van der Waals surface area contributed by atoms with Crippen molar-refractivity contribution in [3.05, 3.63) is 87.1 Å². The number of urea groups is 1. The quantitative estimate of drug-likeness (QED) is 0.271. The Hall–Kier alpha value is -3.12. The van der Waals surface area contributed by atoms with Crippen LogP contribution in [0.5, 0.6) is 0 Å². The molecule has 3 amide bonds. The summed E-state index contributed by atoms with van der Waals surface area (Å²) in [5.74, 6) is 0.692. The monoisotopic (exact) mass is 533 g/mol. The lowest BCUT2D eigenvalue weighted by atomic mass is 9.93. The van der Waals surface area contributed by atoms with Crippen molar-refractivity contribution in [2.45, 2.75) is 73.4 Å². The van der Waals surface area contributed by atoms with E-state index in [1.165, 1.54) is 4.88 Å². The van der Waals surface area contributed by atoms with Gasteiger partial charge in [-0.1, -0.05) is 90.1 Å². The normalized spacial score (nSPS) is 11.3. The summed E-state index contributed by atoms with van der Waals surface area (Å²) >= 11 is 1.70. The highest BCUT2D eigenvalue weighted by molar-refractivity contribution is 7.11. The number of anilines is 1. The predicted molar refractivity (Wildman–Crippen MR) is 160 cm³/mol. The van der Waals surface area contributed by atoms with Gasteiger partial charge in [0.2, 0.25) is 5.91 Å². The van der Waals surface area contributed by atoms with E-state index in [2.05, 4.69) is 84.1 Å². The van der Waals surface area contributed by atoms with Crippen molar-refractivity contribution in [3.8, 4) is 0 Å². The van der Waals surface area contributed by atoms with Crippen molar-refractivity contribution in [3.63, 3.8) is 0 Å². The Kier molecular flexibility index (Phi) is 10.5. The maximum Gasteiger partial charge on any atom is 0.322 e. The molecule has 3 rings (SSSR count). The molecule has 0 unspecified atom stereocenters. The lowest BCUT2D eigenvalue weighted by Gasteiger charge is -2.30. The molecule has 204 valence electrons. The molecular weight excluding hydrogens is 490 g/mol. The average Bonchev–Trinajstić information content (AvgIpc) is 3.27. The van der Waals surface area contributed by atoms with Gasteiger partial charge in [-0.3, -0.25) is 4.79 Å². The second kappa shape index (κ2) is 13.6. The molecule has 5 nitrogen and oxygen atoms in total. The van der Waals surface area contributed by atoms with E-state index in [9.17, 15) is 9.59 Å². The van der Waals surface area contributed by atoms with Gasteiger partial charge in [-0.2, -0.15) is 0 Å². The highest BCUT2D eigenvalue weighted by Crippen LogP contribution is 2.32. The minimum Gasteiger partial charge on any atom is -0.332 e. The molecule has 0 spiro atoms. The first-order valence-corrected chi connectivity index (χ1v) is 14.4. The van der Waals surface area contributed by atoms with E-state index in [0.29, 0.717) is 19.6 Å². The molecule has 0 aliphatic heterocycles. The topological polar surface area (TPSA) is 52.7 Å². The van der Waals surface area contributed by atoms with Gasteiger partial charge in [0.05, 0.1) is 6.54 Å². The van der Waals surface area contributed by atoms with Gasteiger partial charge in [0.1, 0.15) is 6.54 Å². The molecule has 2 aromatic carbocycles. The van der Waals surface area contributed by atoms with E-state index >= 15 is 0 Å². The van der Waals surface area contributed by atoms with Gasteiger partial charge >= 0.3 is 6.03 Å². The predicted octanol–water partition coefficient (Wildman–Crippen LogP) is 8.02. The number of hydrogen-bond donors (Lipinski definition) is 1. The molecule has 0 radical (unpaired) electrons. The summed E-state index contributed by atoms with van der Waals surface area (Å²) in [6, 6.07) is 20.2. The summed E-state index contributed by atoms with van der Waals surface area (Å²) in [7, 11) is 0. The van der Waals surface area contributed by atoms with Crippen LogP contribution in [0.4, 0.5) is 10.5 Å². The van der Waals surface area contributed by atoms with Gasteiger partial charge in [-0.25, -0.2) is 4.79 Å². The molecule has 0 aliphatic rings. The Bertz CT molecular complexity index is 1170. The number of para-hydroxylation sites is 1. The van der Waals surface area contributed by atoms with E-state index < -0.39 is 0 Å². The number of hydrogen-bond acceptors (Lipinski definition) is 3. The molecule has 1 N–H and O–H groups in total. The van der Waals surface area contributed by atoms with E-state index in [1.807, 2.05) is 35.2 Å². The number of carbonyl (C=O) groups excluding carboxylic acids is 2. The van der Waals surface area contributed by atoms with Gasteiger partial charge in [0, 0.05) is 28.5 Å². The molecule has 0 saturated carbocycles. The third kappa shape index (κ3) is 8.19. The van der Waals surface area contributed by atoms with Crippen LogP contribution in [-0.2, 0) is 17.9 Å². The Labute approximate surface area is 232 Å². The molecule has 6 heteroatoms. The molecule has 38 heavy (non-hydrogen) atoms. The molecule has 0 atom stereocenters. The lowest BCUT2D eigenvalue weighted by Crippen LogP contribution is -2.45. The minimum absolute atomic E-state index is 0.0298. The SMILES string of the molecule is Cc1ccc(CN(Cc2ccccc2)C(=O)CN(CC(C)C)C(=O)Nc2c(C(C)C)cccc2C(C)C)s1. The fourth-order valence-electron chi connectivity index (χ4n) is 4.60. The summed E-state index contributed by atoms with van der Waals surface area (Å²) in [5, 5.41) is 3.21. The van der Waals surface area contributed by atoms with Crippen LogP contribution in [0.3, 0.4) is 0 Å². The summed E-state index contributed by atoms with van der Waals surface area (Å²) in [6.07, 6.45) is 0. The van der Waals surface area contributed by atoms with Crippen LogP contribution in [0.2, 0.25) is 0 Å². The summed E-state index contributed by atoms with van der Waals surface area (Å²) < 4.78 is 0. The van der Waals surface area contributed by atoms with Crippen molar-refractivity contribution >= 4 is 29.0 Å². The summed E-state index contributed by atoms with van der Waals surface area (Å²) in [5.41, 5.74) is 4.17. The zero-order valence-electron chi connectivity index (χ0n) is 24.0. The van der Waals surface area contributed by atoms with Gasteiger partial charge in [-0.15, -0.1) is 11.3 Å². The van der Waals surface area contributed by atoms with Crippen molar-refractivity contribution in [2.24, 2.45) is 5.92 Å². The molecule has 0 saturated heterocycles. The molecular formula is C32H43N3O2S. The van der Waals surface area contributed by atoms with Gasteiger partial charge < -0.3 is 15.1 Å². The second-order valence-corrected chi connectivity index (χ2v) is 12.4. The van der Waals surface area contributed by atoms with Crippen LogP contribution in [0.15, 0.2) is 60.7 Å². The first-order chi connectivity index (χ1) is 18.0. The van der Waals surface area contributed by atoms with Crippen molar-refractivity contribution in [1.29, 1.82) is 0 Å². The highest BCUT2D eigenvalue weighted by Gasteiger charge is 2.25. The number of amides is 3. The zero-order chi connectivity index (χ0) is 27.8. The Balaban J connectivity index is 1.86. The number of rotatable bonds is 11. The van der Waals surface area contributed by atoms with E-state index in [0.717, 1.165) is 27.3 Å². The van der Waals surface area contributed by atoms with Crippen LogP contribution in [0.1, 0.15) is 79.8 Å². The van der Waals surface area contributed by atoms with E-state index in [-0.39, 0.29) is 36.2 Å². The third-order valence-corrected chi connectivity index (χ3v) is 7.50. The number of aryl methyl sites for hydroxylation is 1. The van der Waals surface area contributed by atoms with E-state index in [4.69, 9.17) is 0 Å². The number of benzene rings is 2. The van der Waals surface area contributed by atoms with Crippen LogP contribution in [0.25, 0.3) is 0 Å². The standard InChI is InChI=1S/C32H43N3O2S/c1-22(2)18-35(32(37)33-31-28(23(3)4)14-11-15-29(31)24(5)6)21-30(36)34(19-26-12-9-8-10-13-26)20-27-17-16-25(7)38-27/h8-17,22-24H,18-21H2,1-7H3,(H,33,37). The maximum absolute atomic E-state index is 13.8. The van der Waals surface area contributed by atoms with Gasteiger partial charge in [0.25, 0.3) is 0 Å². The largest absolute Gasteiger partial charge is 0.332 e. The maximum atomic E-state index is 13.8. The number of thiophene rings is 1. The molecule has 0 aliphatic carbocycles. The third-order valence-electron chi connectivity index (χ3n) is 6.52. The molecule has 0 bridgehead atoms. The van der Waals surface area contributed by atoms with Crippen LogP contribution >= 0.6 is 11.3 Å². The van der Waals surface area contributed by atoms with Crippen molar-refractivity contribution in [1.82, 2.24) is 9.80 Å². The summed E-state index contributed by atoms with van der Waals surface area (Å²) in [6.45, 7) is 16.3. The second-order valence-electron chi connectivity index (χ2n) is 11.1. The molecule has 0 fully saturated rings. The molecule has 1 heterocycles.